The molecule has 1 saturated carbocycles. The van der Waals surface area contributed by atoms with Crippen LogP contribution in [0.1, 0.15) is 31.2 Å². The molecule has 0 radical (unpaired) electrons. The van der Waals surface area contributed by atoms with Crippen LogP contribution in [0.15, 0.2) is 42.5 Å². The molecule has 1 aliphatic heterocycles. The summed E-state index contributed by atoms with van der Waals surface area (Å²) < 4.78 is 13.3. The van der Waals surface area contributed by atoms with Crippen molar-refractivity contribution >= 4 is 34.9 Å². The molecular weight excluding hydrogens is 407 g/mol. The standard InChI is InChI=1S/C22H24ClFN4O2/c23-18-13-17(7-8-19(18)28-12-11-25-20(29)14-28)26-21(30)27-22(9-1-2-10-22)15-3-5-16(24)6-4-15/h3-8,13H,1-2,9-12,14H2,(H,25,29)(H2,26,27,30). The van der Waals surface area contributed by atoms with E-state index in [2.05, 4.69) is 16.0 Å². The summed E-state index contributed by atoms with van der Waals surface area (Å²) in [5.41, 5.74) is 1.74. The van der Waals surface area contributed by atoms with E-state index < -0.39 is 5.54 Å². The number of piperazine rings is 1. The van der Waals surface area contributed by atoms with E-state index in [0.717, 1.165) is 36.9 Å². The zero-order chi connectivity index (χ0) is 21.1. The minimum Gasteiger partial charge on any atom is -0.359 e. The van der Waals surface area contributed by atoms with Gasteiger partial charge < -0.3 is 20.9 Å². The van der Waals surface area contributed by atoms with Crippen molar-refractivity contribution in [2.75, 3.05) is 29.9 Å². The van der Waals surface area contributed by atoms with Crippen LogP contribution in [-0.2, 0) is 10.3 Å². The van der Waals surface area contributed by atoms with Crippen molar-refractivity contribution in [1.82, 2.24) is 10.6 Å². The molecule has 4 rings (SSSR count). The largest absolute Gasteiger partial charge is 0.359 e. The number of hydrogen-bond acceptors (Lipinski definition) is 3. The maximum absolute atomic E-state index is 13.3. The molecule has 1 aliphatic carbocycles. The number of carbonyl (C=O) groups is 2. The molecule has 2 aromatic carbocycles. The van der Waals surface area contributed by atoms with E-state index >= 15 is 0 Å². The maximum atomic E-state index is 13.3. The second-order valence-corrected chi connectivity index (χ2v) is 8.22. The molecule has 3 amide bonds. The van der Waals surface area contributed by atoms with E-state index in [4.69, 9.17) is 11.6 Å². The first kappa shape index (κ1) is 20.5. The van der Waals surface area contributed by atoms with E-state index in [-0.39, 0.29) is 24.3 Å². The fourth-order valence-corrected chi connectivity index (χ4v) is 4.60. The Bertz CT molecular complexity index is 945. The Hall–Kier alpha value is -2.80. The second kappa shape index (κ2) is 8.52. The van der Waals surface area contributed by atoms with E-state index in [1.165, 1.54) is 12.1 Å². The van der Waals surface area contributed by atoms with Crippen molar-refractivity contribution in [3.63, 3.8) is 0 Å². The van der Waals surface area contributed by atoms with Gasteiger partial charge in [-0.2, -0.15) is 0 Å². The smallest absolute Gasteiger partial charge is 0.319 e. The Morgan fingerprint density at radius 2 is 1.87 bits per heavy atom. The van der Waals surface area contributed by atoms with Crippen molar-refractivity contribution < 1.29 is 14.0 Å². The molecule has 8 heteroatoms. The highest BCUT2D eigenvalue weighted by Gasteiger charge is 2.37. The highest BCUT2D eigenvalue weighted by atomic mass is 35.5. The number of anilines is 2. The van der Waals surface area contributed by atoms with Crippen LogP contribution in [0.25, 0.3) is 0 Å². The molecule has 6 nitrogen and oxygen atoms in total. The number of carbonyl (C=O) groups excluding carboxylic acids is 2. The maximum Gasteiger partial charge on any atom is 0.319 e. The van der Waals surface area contributed by atoms with Crippen molar-refractivity contribution in [3.05, 3.63) is 58.9 Å². The van der Waals surface area contributed by atoms with Gasteiger partial charge in [-0.25, -0.2) is 9.18 Å². The number of benzene rings is 2. The van der Waals surface area contributed by atoms with Crippen molar-refractivity contribution in [2.24, 2.45) is 0 Å². The quantitative estimate of drug-likeness (QED) is 0.686. The van der Waals surface area contributed by atoms with Gasteiger partial charge in [0.15, 0.2) is 0 Å². The minimum absolute atomic E-state index is 0.0402. The van der Waals surface area contributed by atoms with E-state index in [9.17, 15) is 14.0 Å². The molecule has 158 valence electrons. The Kier molecular flexibility index (Phi) is 5.81. The summed E-state index contributed by atoms with van der Waals surface area (Å²) in [4.78, 5) is 26.3. The molecule has 0 aromatic heterocycles. The molecule has 0 atom stereocenters. The summed E-state index contributed by atoms with van der Waals surface area (Å²) in [6.45, 7) is 1.51. The molecule has 2 aliphatic rings. The van der Waals surface area contributed by atoms with Crippen molar-refractivity contribution in [2.45, 2.75) is 31.2 Å². The third-order valence-electron chi connectivity index (χ3n) is 5.79. The van der Waals surface area contributed by atoms with Crippen LogP contribution in [0, 0.1) is 5.82 Å². The Morgan fingerprint density at radius 3 is 2.53 bits per heavy atom. The Morgan fingerprint density at radius 1 is 1.13 bits per heavy atom. The zero-order valence-corrected chi connectivity index (χ0v) is 17.3. The molecule has 2 aromatic rings. The fraction of sp³-hybridized carbons (Fsp3) is 0.364. The van der Waals surface area contributed by atoms with Gasteiger partial charge in [0.25, 0.3) is 0 Å². The van der Waals surface area contributed by atoms with Crippen molar-refractivity contribution in [1.29, 1.82) is 0 Å². The lowest BCUT2D eigenvalue weighted by atomic mass is 9.88. The summed E-state index contributed by atoms with van der Waals surface area (Å²) in [5, 5.41) is 9.20. The van der Waals surface area contributed by atoms with Gasteiger partial charge in [-0.3, -0.25) is 4.79 Å². The first-order valence-electron chi connectivity index (χ1n) is 10.1. The average Bonchev–Trinajstić information content (AvgIpc) is 3.18. The topological polar surface area (TPSA) is 73.5 Å². The van der Waals surface area contributed by atoms with Gasteiger partial charge in [-0.05, 0) is 48.7 Å². The lowest BCUT2D eigenvalue weighted by Gasteiger charge is -2.31. The number of hydrogen-bond donors (Lipinski definition) is 3. The zero-order valence-electron chi connectivity index (χ0n) is 16.5. The Balaban J connectivity index is 1.46. The lowest BCUT2D eigenvalue weighted by molar-refractivity contribution is -0.120. The van der Waals surface area contributed by atoms with E-state index in [1.807, 2.05) is 11.0 Å². The summed E-state index contributed by atoms with van der Waals surface area (Å²) in [7, 11) is 0. The molecule has 0 spiro atoms. The number of nitrogens with zero attached hydrogens (tertiary/aromatic N) is 1. The van der Waals surface area contributed by atoms with Crippen LogP contribution < -0.4 is 20.9 Å². The fourth-order valence-electron chi connectivity index (χ4n) is 4.30. The Labute approximate surface area is 179 Å². The number of amides is 3. The van der Waals surface area contributed by atoms with Crippen LogP contribution in [0.2, 0.25) is 5.02 Å². The lowest BCUT2D eigenvalue weighted by Crippen LogP contribution is -2.47. The van der Waals surface area contributed by atoms with Gasteiger partial charge >= 0.3 is 6.03 Å². The normalized spacial score (nSPS) is 18.1. The number of urea groups is 1. The van der Waals surface area contributed by atoms with Crippen LogP contribution in [0.4, 0.5) is 20.6 Å². The van der Waals surface area contributed by atoms with Gasteiger partial charge in [-0.15, -0.1) is 0 Å². The SMILES string of the molecule is O=C1CN(c2ccc(NC(=O)NC3(c4ccc(F)cc4)CCCC3)cc2Cl)CCN1. The molecule has 0 bridgehead atoms. The van der Waals surface area contributed by atoms with E-state index in [1.54, 1.807) is 24.3 Å². The molecular formula is C22H24ClFN4O2. The predicted octanol–water partition coefficient (Wildman–Crippen LogP) is 4.01. The van der Waals surface area contributed by atoms with Crippen LogP contribution in [-0.4, -0.2) is 31.6 Å². The van der Waals surface area contributed by atoms with E-state index in [0.29, 0.717) is 23.8 Å². The molecule has 2 fully saturated rings. The molecule has 30 heavy (non-hydrogen) atoms. The highest BCUT2D eigenvalue weighted by molar-refractivity contribution is 6.33. The summed E-state index contributed by atoms with van der Waals surface area (Å²) in [6.07, 6.45) is 3.62. The van der Waals surface area contributed by atoms with Crippen LogP contribution >= 0.6 is 11.6 Å². The third-order valence-corrected chi connectivity index (χ3v) is 6.09. The molecule has 1 saturated heterocycles. The first-order valence-corrected chi connectivity index (χ1v) is 10.5. The third kappa shape index (κ3) is 4.36. The number of halogens is 2. The molecule has 0 unspecified atom stereocenters. The van der Waals surface area contributed by atoms with Gasteiger partial charge in [0.05, 0.1) is 22.8 Å². The average molecular weight is 431 g/mol. The number of rotatable bonds is 4. The minimum atomic E-state index is -0.497. The van der Waals surface area contributed by atoms with Crippen LogP contribution in [0.3, 0.4) is 0 Å². The predicted molar refractivity (Wildman–Crippen MR) is 115 cm³/mol. The molecule has 3 N–H and O–H groups in total. The molecule has 1 heterocycles. The monoisotopic (exact) mass is 430 g/mol. The van der Waals surface area contributed by atoms with Crippen LogP contribution in [0.5, 0.6) is 0 Å². The number of nitrogens with one attached hydrogen (secondary N) is 3. The van der Waals surface area contributed by atoms with Gasteiger partial charge in [0, 0.05) is 18.8 Å². The second-order valence-electron chi connectivity index (χ2n) is 7.81. The summed E-state index contributed by atoms with van der Waals surface area (Å²) in [5.74, 6) is -0.334. The highest BCUT2D eigenvalue weighted by Crippen LogP contribution is 2.39. The van der Waals surface area contributed by atoms with Crippen molar-refractivity contribution in [3.8, 4) is 0 Å². The van der Waals surface area contributed by atoms with Gasteiger partial charge in [0.1, 0.15) is 5.82 Å². The summed E-state index contributed by atoms with van der Waals surface area (Å²) >= 11 is 6.42. The first-order chi connectivity index (χ1) is 14.4. The summed E-state index contributed by atoms with van der Waals surface area (Å²) in [6, 6.07) is 11.3. The van der Waals surface area contributed by atoms with Gasteiger partial charge in [0.2, 0.25) is 5.91 Å². The van der Waals surface area contributed by atoms with Gasteiger partial charge in [-0.1, -0.05) is 36.6 Å².